The monoisotopic (exact) mass is 268 g/mol. The molecule has 0 aliphatic carbocycles. The van der Waals surface area contributed by atoms with Crippen LogP contribution in [-0.2, 0) is 0 Å². The molecule has 2 rings (SSSR count). The Morgan fingerprint density at radius 1 is 1.28 bits per heavy atom. The van der Waals surface area contributed by atoms with Crippen LogP contribution in [0.5, 0.6) is 0 Å². The van der Waals surface area contributed by atoms with Crippen LogP contribution in [0.25, 0.3) is 11.3 Å². The number of hydrogen-bond acceptors (Lipinski definition) is 3. The van der Waals surface area contributed by atoms with Crippen molar-refractivity contribution in [3.8, 4) is 11.3 Å². The molecule has 3 nitrogen and oxygen atoms in total. The van der Waals surface area contributed by atoms with Gasteiger partial charge in [0.15, 0.2) is 6.29 Å². The molecule has 0 N–H and O–H groups in total. The summed E-state index contributed by atoms with van der Waals surface area (Å²) in [5.74, 6) is -1.05. The second-order valence-corrected chi connectivity index (χ2v) is 3.92. The Morgan fingerprint density at radius 3 is 2.67 bits per heavy atom. The average molecular weight is 269 g/mol. The fraction of sp³-hybridized carbons (Fsp3) is 0.0833. The number of benzene rings is 1. The van der Waals surface area contributed by atoms with Gasteiger partial charge in [-0.25, -0.2) is 18.7 Å². The lowest BCUT2D eigenvalue weighted by atomic mass is 10.1. The summed E-state index contributed by atoms with van der Waals surface area (Å²) in [6.45, 7) is 1.54. The predicted molar refractivity (Wildman–Crippen MR) is 62.5 cm³/mol. The van der Waals surface area contributed by atoms with Gasteiger partial charge in [0.2, 0.25) is 0 Å². The predicted octanol–water partition coefficient (Wildman–Crippen LogP) is 3.20. The molecule has 1 aromatic carbocycles. The Hall–Kier alpha value is -1.88. The van der Waals surface area contributed by atoms with Crippen LogP contribution < -0.4 is 0 Å². The van der Waals surface area contributed by atoms with Crippen LogP contribution in [0.3, 0.4) is 0 Å². The second-order valence-electron chi connectivity index (χ2n) is 3.57. The van der Waals surface area contributed by atoms with Crippen LogP contribution in [0.15, 0.2) is 18.2 Å². The van der Waals surface area contributed by atoms with Crippen molar-refractivity contribution in [1.29, 1.82) is 0 Å². The summed E-state index contributed by atoms with van der Waals surface area (Å²) >= 11 is 5.78. The Bertz CT molecular complexity index is 632. The van der Waals surface area contributed by atoms with Crippen molar-refractivity contribution >= 4 is 17.9 Å². The van der Waals surface area contributed by atoms with Gasteiger partial charge >= 0.3 is 0 Å². The normalized spacial score (nSPS) is 10.4. The van der Waals surface area contributed by atoms with Crippen molar-refractivity contribution in [3.63, 3.8) is 0 Å². The van der Waals surface area contributed by atoms with Gasteiger partial charge in [-0.3, -0.25) is 4.79 Å². The van der Waals surface area contributed by atoms with E-state index in [2.05, 4.69) is 9.97 Å². The molecule has 0 fully saturated rings. The quantitative estimate of drug-likeness (QED) is 0.620. The first-order valence-corrected chi connectivity index (χ1v) is 5.35. The minimum atomic E-state index is -0.686. The Labute approximate surface area is 106 Å². The smallest absolute Gasteiger partial charge is 0.155 e. The molecule has 0 unspecified atom stereocenters. The molecule has 1 aromatic heterocycles. The Morgan fingerprint density at radius 2 is 2.00 bits per heavy atom. The summed E-state index contributed by atoms with van der Waals surface area (Å²) in [4.78, 5) is 18.7. The van der Waals surface area contributed by atoms with E-state index in [0.717, 1.165) is 18.2 Å². The lowest BCUT2D eigenvalue weighted by molar-refractivity contribution is 0.112. The van der Waals surface area contributed by atoms with Crippen molar-refractivity contribution in [3.05, 3.63) is 46.4 Å². The highest BCUT2D eigenvalue weighted by Gasteiger charge is 2.16. The number of halogens is 3. The lowest BCUT2D eigenvalue weighted by Crippen LogP contribution is -2.01. The van der Waals surface area contributed by atoms with Crippen molar-refractivity contribution in [2.24, 2.45) is 0 Å². The van der Waals surface area contributed by atoms with E-state index in [1.807, 2.05) is 0 Å². The highest BCUT2D eigenvalue weighted by Crippen LogP contribution is 2.27. The van der Waals surface area contributed by atoms with Crippen molar-refractivity contribution in [2.45, 2.75) is 6.92 Å². The minimum absolute atomic E-state index is 0.0144. The van der Waals surface area contributed by atoms with Crippen LogP contribution >= 0.6 is 11.6 Å². The number of aromatic nitrogens is 2. The standard InChI is InChI=1S/C12H7ClF2N2O/c1-6-16-11(9(5-18)12(13)17-6)8-4-7(14)2-3-10(8)15/h2-5H,1H3. The van der Waals surface area contributed by atoms with Gasteiger partial charge in [-0.2, -0.15) is 0 Å². The maximum absolute atomic E-state index is 13.6. The zero-order chi connectivity index (χ0) is 13.3. The summed E-state index contributed by atoms with van der Waals surface area (Å²) < 4.78 is 26.8. The Balaban J connectivity index is 2.77. The van der Waals surface area contributed by atoms with Crippen LogP contribution in [0.1, 0.15) is 16.2 Å². The van der Waals surface area contributed by atoms with E-state index < -0.39 is 11.6 Å². The topological polar surface area (TPSA) is 42.9 Å². The molecule has 0 radical (unpaired) electrons. The molecule has 2 aromatic rings. The second kappa shape index (κ2) is 4.78. The molecular weight excluding hydrogens is 262 g/mol. The van der Waals surface area contributed by atoms with Crippen molar-refractivity contribution < 1.29 is 13.6 Å². The van der Waals surface area contributed by atoms with Crippen LogP contribution in [0.2, 0.25) is 5.15 Å². The van der Waals surface area contributed by atoms with Gasteiger partial charge in [-0.15, -0.1) is 0 Å². The van der Waals surface area contributed by atoms with Gasteiger partial charge < -0.3 is 0 Å². The molecular formula is C12H7ClF2N2O. The lowest BCUT2D eigenvalue weighted by Gasteiger charge is -2.07. The summed E-state index contributed by atoms with van der Waals surface area (Å²) in [6, 6.07) is 2.90. The number of rotatable bonds is 2. The first-order chi connectivity index (χ1) is 8.52. The first kappa shape index (κ1) is 12.6. The number of hydrogen-bond donors (Lipinski definition) is 0. The van der Waals surface area contributed by atoms with E-state index in [4.69, 9.17) is 11.6 Å². The van der Waals surface area contributed by atoms with Crippen molar-refractivity contribution in [2.75, 3.05) is 0 Å². The number of aldehydes is 1. The molecule has 6 heteroatoms. The van der Waals surface area contributed by atoms with E-state index in [1.54, 1.807) is 6.92 Å². The maximum atomic E-state index is 13.6. The highest BCUT2D eigenvalue weighted by molar-refractivity contribution is 6.32. The summed E-state index contributed by atoms with van der Waals surface area (Å²) in [6.07, 6.45) is 0.418. The fourth-order valence-corrected chi connectivity index (χ4v) is 1.79. The van der Waals surface area contributed by atoms with Gasteiger partial charge in [0.25, 0.3) is 0 Å². The van der Waals surface area contributed by atoms with Gasteiger partial charge in [-0.05, 0) is 25.1 Å². The van der Waals surface area contributed by atoms with Crippen molar-refractivity contribution in [1.82, 2.24) is 9.97 Å². The molecule has 0 aliphatic rings. The molecule has 0 saturated carbocycles. The van der Waals surface area contributed by atoms with Crippen LogP contribution in [0, 0.1) is 18.6 Å². The van der Waals surface area contributed by atoms with Gasteiger partial charge in [-0.1, -0.05) is 11.6 Å². The largest absolute Gasteiger partial charge is 0.298 e. The molecule has 0 aliphatic heterocycles. The Kier molecular flexibility index (Phi) is 3.34. The van der Waals surface area contributed by atoms with E-state index in [0.29, 0.717) is 6.29 Å². The molecule has 0 amide bonds. The minimum Gasteiger partial charge on any atom is -0.298 e. The zero-order valence-electron chi connectivity index (χ0n) is 9.25. The van der Waals surface area contributed by atoms with Gasteiger partial charge in [0.05, 0.1) is 11.3 Å². The van der Waals surface area contributed by atoms with Gasteiger partial charge in [0.1, 0.15) is 22.6 Å². The summed E-state index contributed by atoms with van der Waals surface area (Å²) in [5.41, 5.74) is -0.198. The number of nitrogens with zero attached hydrogens (tertiary/aromatic N) is 2. The molecule has 92 valence electrons. The third kappa shape index (κ3) is 2.22. The molecule has 0 spiro atoms. The molecule has 1 heterocycles. The van der Waals surface area contributed by atoms with E-state index >= 15 is 0 Å². The third-order valence-corrected chi connectivity index (χ3v) is 2.60. The summed E-state index contributed by atoms with van der Waals surface area (Å²) in [7, 11) is 0. The SMILES string of the molecule is Cc1nc(Cl)c(C=O)c(-c2cc(F)ccc2F)n1. The first-order valence-electron chi connectivity index (χ1n) is 4.97. The fourth-order valence-electron chi connectivity index (χ4n) is 1.54. The molecule has 18 heavy (non-hydrogen) atoms. The number of carbonyl (C=O) groups is 1. The molecule has 0 bridgehead atoms. The zero-order valence-corrected chi connectivity index (χ0v) is 10.0. The van der Waals surface area contributed by atoms with E-state index in [9.17, 15) is 13.6 Å². The average Bonchev–Trinajstić information content (AvgIpc) is 2.31. The van der Waals surface area contributed by atoms with E-state index in [-0.39, 0.29) is 27.8 Å². The molecule has 0 saturated heterocycles. The maximum Gasteiger partial charge on any atom is 0.155 e. The molecule has 0 atom stereocenters. The van der Waals surface area contributed by atoms with Crippen LogP contribution in [-0.4, -0.2) is 16.3 Å². The van der Waals surface area contributed by atoms with E-state index in [1.165, 1.54) is 0 Å². The van der Waals surface area contributed by atoms with Crippen LogP contribution in [0.4, 0.5) is 8.78 Å². The number of aryl methyl sites for hydroxylation is 1. The van der Waals surface area contributed by atoms with Gasteiger partial charge in [0, 0.05) is 5.56 Å². The highest BCUT2D eigenvalue weighted by atomic mass is 35.5. The third-order valence-electron chi connectivity index (χ3n) is 2.31. The summed E-state index contributed by atoms with van der Waals surface area (Å²) in [5, 5.41) is -0.0869. The number of carbonyl (C=O) groups excluding carboxylic acids is 1.